The van der Waals surface area contributed by atoms with E-state index in [0.29, 0.717) is 5.02 Å². The summed E-state index contributed by atoms with van der Waals surface area (Å²) in [6.45, 7) is 4.91. The van der Waals surface area contributed by atoms with Crippen molar-refractivity contribution in [3.63, 3.8) is 0 Å². The van der Waals surface area contributed by atoms with E-state index in [1.807, 2.05) is 29.8 Å². The molecule has 0 saturated carbocycles. The maximum atomic E-state index is 6.35. The molecule has 0 radical (unpaired) electrons. The first-order valence-electron chi connectivity index (χ1n) is 6.50. The third-order valence-corrected chi connectivity index (χ3v) is 4.57. The van der Waals surface area contributed by atoms with Crippen molar-refractivity contribution in [1.29, 1.82) is 0 Å². The maximum Gasteiger partial charge on any atom is 0.0596 e. The van der Waals surface area contributed by atoms with Gasteiger partial charge in [0.2, 0.25) is 0 Å². The zero-order valence-electron chi connectivity index (χ0n) is 11.5. The van der Waals surface area contributed by atoms with E-state index in [1.54, 1.807) is 0 Å². The van der Waals surface area contributed by atoms with Gasteiger partial charge in [0.25, 0.3) is 0 Å². The van der Waals surface area contributed by atoms with E-state index in [1.165, 1.54) is 0 Å². The predicted octanol–water partition coefficient (Wildman–Crippen LogP) is 3.37. The van der Waals surface area contributed by atoms with Crippen LogP contribution in [0, 0.1) is 6.92 Å². The lowest BCUT2D eigenvalue weighted by Crippen LogP contribution is -2.30. The Balaban J connectivity index is 2.31. The minimum atomic E-state index is -0.0543. The van der Waals surface area contributed by atoms with Crippen molar-refractivity contribution in [2.24, 2.45) is 5.84 Å². The van der Waals surface area contributed by atoms with E-state index in [0.717, 1.165) is 34.4 Å². The van der Waals surface area contributed by atoms with E-state index in [9.17, 15) is 0 Å². The Bertz CT molecular complexity index is 597. The van der Waals surface area contributed by atoms with Crippen LogP contribution in [0.15, 0.2) is 28.7 Å². The van der Waals surface area contributed by atoms with Crippen molar-refractivity contribution in [2.75, 3.05) is 0 Å². The number of rotatable bonds is 5. The van der Waals surface area contributed by atoms with Crippen LogP contribution >= 0.6 is 27.5 Å². The molecule has 3 N–H and O–H groups in total. The minimum absolute atomic E-state index is 0.0543. The van der Waals surface area contributed by atoms with Gasteiger partial charge in [0.15, 0.2) is 0 Å². The largest absolute Gasteiger partial charge is 0.271 e. The van der Waals surface area contributed by atoms with Gasteiger partial charge in [-0.2, -0.15) is 5.10 Å². The molecule has 1 aromatic carbocycles. The van der Waals surface area contributed by atoms with Gasteiger partial charge in [0, 0.05) is 23.1 Å². The fraction of sp³-hybridized carbons (Fsp3) is 0.357. The number of aryl methyl sites for hydroxylation is 2. The third-order valence-electron chi connectivity index (χ3n) is 3.26. The molecule has 2 aromatic rings. The number of hydrogen-bond acceptors (Lipinski definition) is 3. The topological polar surface area (TPSA) is 55.9 Å². The Morgan fingerprint density at radius 1 is 1.50 bits per heavy atom. The van der Waals surface area contributed by atoms with Crippen molar-refractivity contribution in [3.8, 4) is 0 Å². The molecule has 1 heterocycles. The maximum absolute atomic E-state index is 6.35. The van der Waals surface area contributed by atoms with Crippen LogP contribution in [-0.2, 0) is 13.0 Å². The molecule has 1 atom stereocenters. The predicted molar refractivity (Wildman–Crippen MR) is 85.6 cm³/mol. The van der Waals surface area contributed by atoms with Gasteiger partial charge in [-0.05, 0) is 47.5 Å². The average molecular weight is 358 g/mol. The van der Waals surface area contributed by atoms with Gasteiger partial charge < -0.3 is 0 Å². The van der Waals surface area contributed by atoms with Crippen LogP contribution in [-0.4, -0.2) is 9.78 Å². The van der Waals surface area contributed by atoms with E-state index in [4.69, 9.17) is 17.4 Å². The number of nitrogens with one attached hydrogen (secondary N) is 1. The van der Waals surface area contributed by atoms with Crippen LogP contribution in [0.5, 0.6) is 0 Å². The van der Waals surface area contributed by atoms with Crippen molar-refractivity contribution in [3.05, 3.63) is 50.7 Å². The van der Waals surface area contributed by atoms with Crippen LogP contribution < -0.4 is 11.3 Å². The number of hydrazine groups is 1. The summed E-state index contributed by atoms with van der Waals surface area (Å²) in [5, 5.41) is 5.15. The monoisotopic (exact) mass is 356 g/mol. The summed E-state index contributed by atoms with van der Waals surface area (Å²) in [5.74, 6) is 5.72. The highest BCUT2D eigenvalue weighted by atomic mass is 79.9. The molecule has 1 unspecified atom stereocenters. The van der Waals surface area contributed by atoms with Crippen molar-refractivity contribution in [1.82, 2.24) is 15.2 Å². The van der Waals surface area contributed by atoms with E-state index >= 15 is 0 Å². The van der Waals surface area contributed by atoms with Gasteiger partial charge >= 0.3 is 0 Å². The van der Waals surface area contributed by atoms with E-state index in [-0.39, 0.29) is 6.04 Å². The summed E-state index contributed by atoms with van der Waals surface area (Å²) in [6.07, 6.45) is 0.737. The Morgan fingerprint density at radius 3 is 2.90 bits per heavy atom. The summed E-state index contributed by atoms with van der Waals surface area (Å²) < 4.78 is 2.86. The third kappa shape index (κ3) is 3.23. The molecule has 4 nitrogen and oxygen atoms in total. The first kappa shape index (κ1) is 15.5. The van der Waals surface area contributed by atoms with Crippen molar-refractivity contribution < 1.29 is 0 Å². The minimum Gasteiger partial charge on any atom is -0.271 e. The SMILES string of the molecule is CCn1nc(C)cc1CC(NN)c1cccc(Br)c1Cl. The summed E-state index contributed by atoms with van der Waals surface area (Å²) in [7, 11) is 0. The first-order valence-corrected chi connectivity index (χ1v) is 7.67. The number of halogens is 2. The average Bonchev–Trinajstić information content (AvgIpc) is 2.79. The molecule has 1 aromatic heterocycles. The smallest absolute Gasteiger partial charge is 0.0596 e. The molecule has 0 bridgehead atoms. The molecular formula is C14H18BrClN4. The highest BCUT2D eigenvalue weighted by molar-refractivity contribution is 9.10. The second kappa shape index (κ2) is 6.72. The summed E-state index contributed by atoms with van der Waals surface area (Å²) in [6, 6.07) is 7.88. The molecule has 0 aliphatic rings. The Hall–Kier alpha value is -0.880. The van der Waals surface area contributed by atoms with Crippen molar-refractivity contribution in [2.45, 2.75) is 32.9 Å². The Morgan fingerprint density at radius 2 is 2.25 bits per heavy atom. The van der Waals surface area contributed by atoms with Crippen LogP contribution in [0.1, 0.15) is 29.9 Å². The number of benzene rings is 1. The van der Waals surface area contributed by atoms with Gasteiger partial charge in [-0.25, -0.2) is 0 Å². The summed E-state index contributed by atoms with van der Waals surface area (Å²) in [4.78, 5) is 0. The van der Waals surface area contributed by atoms with Crippen LogP contribution in [0.3, 0.4) is 0 Å². The fourth-order valence-electron chi connectivity index (χ4n) is 2.29. The summed E-state index contributed by atoms with van der Waals surface area (Å²) in [5.41, 5.74) is 5.98. The lowest BCUT2D eigenvalue weighted by Gasteiger charge is -2.18. The van der Waals surface area contributed by atoms with Gasteiger partial charge in [0.05, 0.1) is 16.8 Å². The van der Waals surface area contributed by atoms with Crippen LogP contribution in [0.4, 0.5) is 0 Å². The van der Waals surface area contributed by atoms with Gasteiger partial charge in [-0.15, -0.1) is 0 Å². The molecule has 2 rings (SSSR count). The Labute approximate surface area is 132 Å². The van der Waals surface area contributed by atoms with Crippen LogP contribution in [0.2, 0.25) is 5.02 Å². The molecule has 108 valence electrons. The molecule has 0 aliphatic carbocycles. The zero-order valence-corrected chi connectivity index (χ0v) is 13.9. The number of aromatic nitrogens is 2. The molecule has 20 heavy (non-hydrogen) atoms. The molecule has 0 saturated heterocycles. The molecule has 6 heteroatoms. The lowest BCUT2D eigenvalue weighted by atomic mass is 10.0. The molecule has 0 fully saturated rings. The standard InChI is InChI=1S/C14H18BrClN4/c1-3-20-10(7-9(2)19-20)8-13(18-17)11-5-4-6-12(15)14(11)16/h4-7,13,18H,3,8,17H2,1-2H3. The van der Waals surface area contributed by atoms with Gasteiger partial charge in [0.1, 0.15) is 0 Å². The highest BCUT2D eigenvalue weighted by Gasteiger charge is 2.17. The highest BCUT2D eigenvalue weighted by Crippen LogP contribution is 2.31. The molecule has 0 aliphatic heterocycles. The molecule has 0 amide bonds. The quantitative estimate of drug-likeness (QED) is 0.637. The molecule has 0 spiro atoms. The number of nitrogens with zero attached hydrogens (tertiary/aromatic N) is 2. The van der Waals surface area contributed by atoms with Gasteiger partial charge in [-0.3, -0.25) is 16.0 Å². The normalized spacial score (nSPS) is 12.7. The van der Waals surface area contributed by atoms with Crippen molar-refractivity contribution >= 4 is 27.5 Å². The number of nitrogens with two attached hydrogens (primary N) is 1. The van der Waals surface area contributed by atoms with E-state index in [2.05, 4.69) is 39.4 Å². The van der Waals surface area contributed by atoms with Gasteiger partial charge in [-0.1, -0.05) is 23.7 Å². The Kier molecular flexibility index (Phi) is 5.21. The second-order valence-electron chi connectivity index (χ2n) is 4.66. The van der Waals surface area contributed by atoms with E-state index < -0.39 is 0 Å². The first-order chi connectivity index (χ1) is 9.56. The lowest BCUT2D eigenvalue weighted by molar-refractivity contribution is 0.517. The summed E-state index contributed by atoms with van der Waals surface area (Å²) >= 11 is 9.79. The second-order valence-corrected chi connectivity index (χ2v) is 5.89. The van der Waals surface area contributed by atoms with Crippen LogP contribution in [0.25, 0.3) is 0 Å². The zero-order chi connectivity index (χ0) is 14.7. The fourth-order valence-corrected chi connectivity index (χ4v) is 2.93. The number of hydrogen-bond donors (Lipinski definition) is 2. The molecular weight excluding hydrogens is 340 g/mol.